The maximum absolute atomic E-state index is 11.7. The first-order chi connectivity index (χ1) is 11.6. The summed E-state index contributed by atoms with van der Waals surface area (Å²) in [5.74, 6) is 1.29. The van der Waals surface area contributed by atoms with Crippen molar-refractivity contribution in [2.24, 2.45) is 11.8 Å². The average Bonchev–Trinajstić information content (AvgIpc) is 2.58. The Morgan fingerprint density at radius 3 is 2.79 bits per heavy atom. The smallest absolute Gasteiger partial charge is 0.111 e. The summed E-state index contributed by atoms with van der Waals surface area (Å²) in [5, 5.41) is 12.4. The molecular formula is C22H23ClO. The molecule has 0 heterocycles. The fourth-order valence-electron chi connectivity index (χ4n) is 4.56. The van der Waals surface area contributed by atoms with E-state index in [1.54, 1.807) is 0 Å². The normalized spacial score (nSPS) is 29.2. The first-order valence-corrected chi connectivity index (χ1v) is 9.23. The number of rotatable bonds is 2. The summed E-state index contributed by atoms with van der Waals surface area (Å²) in [4.78, 5) is 0. The lowest BCUT2D eigenvalue weighted by Gasteiger charge is -2.43. The van der Waals surface area contributed by atoms with Gasteiger partial charge in [-0.1, -0.05) is 61.0 Å². The van der Waals surface area contributed by atoms with Crippen LogP contribution in [-0.2, 0) is 5.60 Å². The van der Waals surface area contributed by atoms with Gasteiger partial charge in [0.1, 0.15) is 5.60 Å². The van der Waals surface area contributed by atoms with E-state index in [1.165, 1.54) is 12.0 Å². The van der Waals surface area contributed by atoms with Crippen LogP contribution in [0.2, 0.25) is 5.02 Å². The molecule has 2 aromatic rings. The van der Waals surface area contributed by atoms with Gasteiger partial charge >= 0.3 is 0 Å². The third kappa shape index (κ3) is 2.70. The van der Waals surface area contributed by atoms with Gasteiger partial charge in [0.25, 0.3) is 0 Å². The second-order valence-electron chi connectivity index (χ2n) is 7.43. The van der Waals surface area contributed by atoms with Gasteiger partial charge in [-0.15, -0.1) is 0 Å². The van der Waals surface area contributed by atoms with Crippen LogP contribution in [0.5, 0.6) is 0 Å². The van der Waals surface area contributed by atoms with Crippen LogP contribution in [0.15, 0.2) is 60.2 Å². The summed E-state index contributed by atoms with van der Waals surface area (Å²) >= 11 is 6.20. The Morgan fingerprint density at radius 1 is 1.12 bits per heavy atom. The molecule has 24 heavy (non-hydrogen) atoms. The standard InChI is InChI=1S/C22H23ClO/c1-15-11-16-9-10-22(24,18(12-15)13-16)21-8-3-2-7-20(21)17-5-4-6-19(23)14-17/h2-8,12,14-16,24H,9-11,13H2,1H3. The van der Waals surface area contributed by atoms with Crippen molar-refractivity contribution < 1.29 is 5.11 Å². The van der Waals surface area contributed by atoms with Crippen LogP contribution in [0.4, 0.5) is 0 Å². The van der Waals surface area contributed by atoms with Gasteiger partial charge in [0.15, 0.2) is 0 Å². The molecule has 1 saturated carbocycles. The van der Waals surface area contributed by atoms with E-state index in [0.717, 1.165) is 46.9 Å². The number of aliphatic hydroxyl groups is 1. The lowest BCUT2D eigenvalue weighted by atomic mass is 9.65. The van der Waals surface area contributed by atoms with Crippen molar-refractivity contribution in [1.82, 2.24) is 0 Å². The highest BCUT2D eigenvalue weighted by Crippen LogP contribution is 2.50. The lowest BCUT2D eigenvalue weighted by Crippen LogP contribution is -2.37. The Hall–Kier alpha value is -1.57. The Morgan fingerprint density at radius 2 is 1.96 bits per heavy atom. The first kappa shape index (κ1) is 15.9. The second kappa shape index (κ2) is 6.06. The molecule has 0 aromatic heterocycles. The van der Waals surface area contributed by atoms with Crippen molar-refractivity contribution >= 4 is 11.6 Å². The monoisotopic (exact) mass is 338 g/mol. The molecule has 0 radical (unpaired) electrons. The van der Waals surface area contributed by atoms with Gasteiger partial charge in [-0.25, -0.2) is 0 Å². The molecule has 1 nitrogen and oxygen atoms in total. The fourth-order valence-corrected chi connectivity index (χ4v) is 4.75. The van der Waals surface area contributed by atoms with Gasteiger partial charge < -0.3 is 5.11 Å². The minimum absolute atomic E-state index is 0.559. The summed E-state index contributed by atoms with van der Waals surface area (Å²) in [5.41, 5.74) is 3.54. The van der Waals surface area contributed by atoms with E-state index in [-0.39, 0.29) is 0 Å². The van der Waals surface area contributed by atoms with Crippen LogP contribution in [0.3, 0.4) is 0 Å². The van der Waals surface area contributed by atoms with Crippen molar-refractivity contribution in [2.45, 2.75) is 38.2 Å². The number of halogens is 1. The van der Waals surface area contributed by atoms with Crippen LogP contribution in [0.25, 0.3) is 11.1 Å². The van der Waals surface area contributed by atoms with Gasteiger partial charge in [-0.3, -0.25) is 0 Å². The van der Waals surface area contributed by atoms with Crippen LogP contribution in [0.1, 0.15) is 38.2 Å². The third-order valence-electron chi connectivity index (χ3n) is 5.65. The zero-order valence-electron chi connectivity index (χ0n) is 14.0. The van der Waals surface area contributed by atoms with Gasteiger partial charge in [0.05, 0.1) is 0 Å². The summed E-state index contributed by atoms with van der Waals surface area (Å²) in [6.07, 6.45) is 6.51. The molecule has 2 bridgehead atoms. The molecule has 2 aromatic carbocycles. The molecule has 3 unspecified atom stereocenters. The molecule has 0 amide bonds. The summed E-state index contributed by atoms with van der Waals surface area (Å²) in [6, 6.07) is 16.1. The van der Waals surface area contributed by atoms with E-state index in [4.69, 9.17) is 11.6 Å². The molecule has 2 heteroatoms. The van der Waals surface area contributed by atoms with Gasteiger partial charge in [-0.05, 0) is 71.9 Å². The van der Waals surface area contributed by atoms with Gasteiger partial charge in [0.2, 0.25) is 0 Å². The topological polar surface area (TPSA) is 20.2 Å². The van der Waals surface area contributed by atoms with Gasteiger partial charge in [-0.2, -0.15) is 0 Å². The van der Waals surface area contributed by atoms with Crippen molar-refractivity contribution in [3.05, 3.63) is 70.8 Å². The fraction of sp³-hybridized carbons (Fsp3) is 0.364. The van der Waals surface area contributed by atoms with Crippen molar-refractivity contribution in [2.75, 3.05) is 0 Å². The average molecular weight is 339 g/mol. The predicted molar refractivity (Wildman–Crippen MR) is 100.0 cm³/mol. The van der Waals surface area contributed by atoms with Crippen molar-refractivity contribution in [3.8, 4) is 11.1 Å². The van der Waals surface area contributed by atoms with Crippen molar-refractivity contribution in [1.29, 1.82) is 0 Å². The molecule has 3 atom stereocenters. The van der Waals surface area contributed by atoms with Crippen LogP contribution in [-0.4, -0.2) is 5.11 Å². The van der Waals surface area contributed by atoms with Crippen LogP contribution >= 0.6 is 11.6 Å². The summed E-state index contributed by atoms with van der Waals surface area (Å²) in [6.45, 7) is 2.26. The maximum atomic E-state index is 11.7. The molecular weight excluding hydrogens is 316 g/mol. The minimum Gasteiger partial charge on any atom is -0.381 e. The second-order valence-corrected chi connectivity index (χ2v) is 7.87. The Kier molecular flexibility index (Phi) is 4.02. The molecule has 1 fully saturated rings. The lowest BCUT2D eigenvalue weighted by molar-refractivity contribution is 0.0291. The van der Waals surface area contributed by atoms with Gasteiger partial charge in [0, 0.05) is 5.02 Å². The van der Waals surface area contributed by atoms with E-state index in [1.807, 2.05) is 30.3 Å². The van der Waals surface area contributed by atoms with E-state index in [2.05, 4.69) is 31.2 Å². The maximum Gasteiger partial charge on any atom is 0.111 e. The highest BCUT2D eigenvalue weighted by Gasteiger charge is 2.42. The number of hydrogen-bond donors (Lipinski definition) is 1. The molecule has 0 saturated heterocycles. The molecule has 1 N–H and O–H groups in total. The molecule has 0 aliphatic heterocycles. The highest BCUT2D eigenvalue weighted by atomic mass is 35.5. The van der Waals surface area contributed by atoms with E-state index in [0.29, 0.717) is 5.92 Å². The zero-order chi connectivity index (χ0) is 16.7. The predicted octanol–water partition coefficient (Wildman–Crippen LogP) is 5.96. The van der Waals surface area contributed by atoms with Crippen LogP contribution in [0, 0.1) is 11.8 Å². The highest BCUT2D eigenvalue weighted by molar-refractivity contribution is 6.30. The number of allylic oxidation sites excluding steroid dienone is 1. The molecule has 2 aliphatic carbocycles. The molecule has 2 aliphatic rings. The quantitative estimate of drug-likeness (QED) is 0.670. The Labute approximate surface area is 149 Å². The van der Waals surface area contributed by atoms with E-state index >= 15 is 0 Å². The third-order valence-corrected chi connectivity index (χ3v) is 5.89. The number of benzene rings is 2. The molecule has 124 valence electrons. The summed E-state index contributed by atoms with van der Waals surface area (Å²) in [7, 11) is 0. The van der Waals surface area contributed by atoms with E-state index in [9.17, 15) is 5.11 Å². The van der Waals surface area contributed by atoms with Crippen molar-refractivity contribution in [3.63, 3.8) is 0 Å². The first-order valence-electron chi connectivity index (χ1n) is 8.85. The number of fused-ring (bicyclic) bond motifs is 2. The SMILES string of the molecule is CC1C=C2CC(CCC2(O)c2ccccc2-c2cccc(Cl)c2)C1. The molecule has 4 rings (SSSR count). The Balaban J connectivity index is 1.85. The van der Waals surface area contributed by atoms with Crippen LogP contribution < -0.4 is 0 Å². The minimum atomic E-state index is -0.843. The Bertz CT molecular complexity index is 794. The van der Waals surface area contributed by atoms with E-state index < -0.39 is 5.60 Å². The largest absolute Gasteiger partial charge is 0.381 e. The summed E-state index contributed by atoms with van der Waals surface area (Å²) < 4.78 is 0. The molecule has 0 spiro atoms. The number of hydrogen-bond acceptors (Lipinski definition) is 1. The zero-order valence-corrected chi connectivity index (χ0v) is 14.8.